The summed E-state index contributed by atoms with van der Waals surface area (Å²) in [7, 11) is -6.95. The van der Waals surface area contributed by atoms with Gasteiger partial charge in [-0.25, -0.2) is 16.8 Å². The maximum Gasteiger partial charge on any atom is 0.265 e. The Labute approximate surface area is 158 Å². The van der Waals surface area contributed by atoms with E-state index < -0.39 is 25.9 Å². The van der Waals surface area contributed by atoms with Gasteiger partial charge in [0.25, 0.3) is 10.0 Å². The summed E-state index contributed by atoms with van der Waals surface area (Å²) in [5.74, 6) is -0.378. The van der Waals surface area contributed by atoms with Crippen molar-refractivity contribution >= 4 is 42.2 Å². The second-order valence-electron chi connectivity index (χ2n) is 6.88. The first kappa shape index (κ1) is 18.2. The van der Waals surface area contributed by atoms with Crippen LogP contribution in [0.4, 0.5) is 5.69 Å². The number of hydrogen-bond donors (Lipinski definition) is 0. The molecule has 0 aromatic heterocycles. The Morgan fingerprint density at radius 1 is 1.15 bits per heavy atom. The van der Waals surface area contributed by atoms with Gasteiger partial charge in [-0.05, 0) is 30.9 Å². The molecule has 0 radical (unpaired) electrons. The first-order valence-corrected chi connectivity index (χ1v) is 12.0. The minimum absolute atomic E-state index is 0.0604. The number of carbonyl (C=O) groups excluding carboxylic acids is 1. The van der Waals surface area contributed by atoms with Crippen molar-refractivity contribution in [2.45, 2.75) is 24.3 Å². The summed E-state index contributed by atoms with van der Waals surface area (Å²) in [6.45, 7) is 1.78. The van der Waals surface area contributed by atoms with E-state index in [9.17, 15) is 21.6 Å². The molecule has 144 valence electrons. The molecule has 2 heterocycles. The highest BCUT2D eigenvalue weighted by molar-refractivity contribution is 7.93. The SMILES string of the molecule is CCN(C(=O)CN1c2cccc3cccc(c23)S1(=O)=O)[C@H]1CCS(=O)(=O)C1. The monoisotopic (exact) mass is 408 g/mol. The van der Waals surface area contributed by atoms with Gasteiger partial charge in [0.2, 0.25) is 5.91 Å². The zero-order valence-electron chi connectivity index (χ0n) is 14.8. The molecule has 1 amide bonds. The lowest BCUT2D eigenvalue weighted by molar-refractivity contribution is -0.131. The normalized spacial score (nSPS) is 22.3. The summed E-state index contributed by atoms with van der Waals surface area (Å²) >= 11 is 0. The van der Waals surface area contributed by atoms with Gasteiger partial charge in [-0.3, -0.25) is 9.10 Å². The quantitative estimate of drug-likeness (QED) is 0.762. The topological polar surface area (TPSA) is 91.8 Å². The Morgan fingerprint density at radius 3 is 2.48 bits per heavy atom. The molecule has 0 aliphatic carbocycles. The van der Waals surface area contributed by atoms with E-state index >= 15 is 0 Å². The molecule has 2 aromatic rings. The lowest BCUT2D eigenvalue weighted by Crippen LogP contribution is -2.46. The zero-order valence-corrected chi connectivity index (χ0v) is 16.5. The fourth-order valence-electron chi connectivity index (χ4n) is 4.00. The number of sulfone groups is 1. The summed E-state index contributed by atoms with van der Waals surface area (Å²) in [6.07, 6.45) is 0.393. The Morgan fingerprint density at radius 2 is 1.85 bits per heavy atom. The van der Waals surface area contributed by atoms with Crippen molar-refractivity contribution in [1.82, 2.24) is 4.90 Å². The van der Waals surface area contributed by atoms with E-state index in [0.29, 0.717) is 24.0 Å². The van der Waals surface area contributed by atoms with E-state index in [-0.39, 0.29) is 28.9 Å². The predicted octanol–water partition coefficient (Wildman–Crippen LogP) is 1.38. The third-order valence-corrected chi connectivity index (χ3v) is 8.82. The van der Waals surface area contributed by atoms with Gasteiger partial charge < -0.3 is 4.90 Å². The van der Waals surface area contributed by atoms with Crippen LogP contribution < -0.4 is 4.31 Å². The zero-order chi connectivity index (χ0) is 19.4. The predicted molar refractivity (Wildman–Crippen MR) is 103 cm³/mol. The third kappa shape index (κ3) is 2.89. The van der Waals surface area contributed by atoms with Crippen LogP contribution in [0, 0.1) is 0 Å². The molecule has 2 aliphatic heterocycles. The smallest absolute Gasteiger partial charge is 0.265 e. The molecule has 0 bridgehead atoms. The molecule has 9 heteroatoms. The van der Waals surface area contributed by atoms with Crippen LogP contribution in [0.5, 0.6) is 0 Å². The van der Waals surface area contributed by atoms with Gasteiger partial charge in [-0.15, -0.1) is 0 Å². The summed E-state index contributed by atoms with van der Waals surface area (Å²) in [6, 6.07) is 9.98. The van der Waals surface area contributed by atoms with E-state index in [2.05, 4.69) is 0 Å². The molecule has 4 rings (SSSR count). The van der Waals surface area contributed by atoms with E-state index in [1.165, 1.54) is 4.90 Å². The average Bonchev–Trinajstić information content (AvgIpc) is 3.07. The number of sulfonamides is 1. The molecule has 27 heavy (non-hydrogen) atoms. The maximum atomic E-state index is 13.0. The number of amides is 1. The highest BCUT2D eigenvalue weighted by Crippen LogP contribution is 2.41. The molecule has 7 nitrogen and oxygen atoms in total. The van der Waals surface area contributed by atoms with Crippen LogP contribution >= 0.6 is 0 Å². The van der Waals surface area contributed by atoms with Gasteiger partial charge in [0.1, 0.15) is 6.54 Å². The Hall–Kier alpha value is -2.13. The minimum Gasteiger partial charge on any atom is -0.337 e. The van der Waals surface area contributed by atoms with Gasteiger partial charge in [-0.2, -0.15) is 0 Å². The fourth-order valence-corrected chi connectivity index (χ4v) is 7.39. The van der Waals surface area contributed by atoms with Gasteiger partial charge in [0.15, 0.2) is 9.84 Å². The molecular weight excluding hydrogens is 388 g/mol. The molecule has 1 saturated heterocycles. The summed E-state index contributed by atoms with van der Waals surface area (Å²) in [5, 5.41) is 1.43. The van der Waals surface area contributed by atoms with Gasteiger partial charge in [-0.1, -0.05) is 24.3 Å². The van der Waals surface area contributed by atoms with Crippen molar-refractivity contribution in [3.8, 4) is 0 Å². The summed E-state index contributed by atoms with van der Waals surface area (Å²) in [5.41, 5.74) is 0.492. The summed E-state index contributed by atoms with van der Waals surface area (Å²) in [4.78, 5) is 14.6. The lowest BCUT2D eigenvalue weighted by Gasteiger charge is -2.29. The fraction of sp³-hybridized carbons (Fsp3) is 0.389. The van der Waals surface area contributed by atoms with Gasteiger partial charge in [0, 0.05) is 18.0 Å². The van der Waals surface area contributed by atoms with Crippen molar-refractivity contribution in [2.24, 2.45) is 0 Å². The molecule has 0 spiro atoms. The standard InChI is InChI=1S/C18H20N2O5S2/c1-2-19(14-9-10-26(22,23)12-14)17(21)11-20-15-7-3-5-13-6-4-8-16(18(13)15)27(20,24)25/h3-8,14H,2,9-12H2,1H3/t14-/m0/s1. The Kier molecular flexibility index (Phi) is 4.19. The van der Waals surface area contributed by atoms with Crippen LogP contribution in [-0.2, 0) is 24.7 Å². The van der Waals surface area contributed by atoms with Crippen LogP contribution in [0.25, 0.3) is 10.8 Å². The molecule has 0 N–H and O–H groups in total. The molecule has 0 unspecified atom stereocenters. The van der Waals surface area contributed by atoms with Gasteiger partial charge in [0.05, 0.1) is 22.1 Å². The number of nitrogens with zero attached hydrogens (tertiary/aromatic N) is 2. The first-order valence-electron chi connectivity index (χ1n) is 8.79. The van der Waals surface area contributed by atoms with Crippen LogP contribution in [0.2, 0.25) is 0 Å². The van der Waals surface area contributed by atoms with Crippen molar-refractivity contribution < 1.29 is 21.6 Å². The number of benzene rings is 2. The molecule has 1 atom stereocenters. The number of anilines is 1. The maximum absolute atomic E-state index is 13.0. The lowest BCUT2D eigenvalue weighted by atomic mass is 10.1. The molecule has 2 aliphatic rings. The summed E-state index contributed by atoms with van der Waals surface area (Å²) < 4.78 is 50.7. The van der Waals surface area contributed by atoms with Crippen molar-refractivity contribution in [1.29, 1.82) is 0 Å². The van der Waals surface area contributed by atoms with E-state index in [4.69, 9.17) is 0 Å². The minimum atomic E-state index is -3.81. The van der Waals surface area contributed by atoms with Crippen LogP contribution in [0.1, 0.15) is 13.3 Å². The van der Waals surface area contributed by atoms with Crippen molar-refractivity contribution in [3.05, 3.63) is 36.4 Å². The number of carbonyl (C=O) groups is 1. The number of likely N-dealkylation sites (N-methyl/N-ethyl adjacent to an activating group) is 1. The number of hydrogen-bond acceptors (Lipinski definition) is 5. The second kappa shape index (κ2) is 6.20. The van der Waals surface area contributed by atoms with E-state index in [1.54, 1.807) is 31.2 Å². The highest BCUT2D eigenvalue weighted by atomic mass is 32.2. The van der Waals surface area contributed by atoms with E-state index in [0.717, 1.165) is 9.69 Å². The Balaban J connectivity index is 1.67. The van der Waals surface area contributed by atoms with Crippen LogP contribution in [-0.4, -0.2) is 58.3 Å². The van der Waals surface area contributed by atoms with E-state index in [1.807, 2.05) is 12.1 Å². The average molecular weight is 409 g/mol. The van der Waals surface area contributed by atoms with Gasteiger partial charge >= 0.3 is 0 Å². The first-order chi connectivity index (χ1) is 12.7. The molecule has 2 aromatic carbocycles. The highest BCUT2D eigenvalue weighted by Gasteiger charge is 2.39. The van der Waals surface area contributed by atoms with Crippen molar-refractivity contribution in [2.75, 3.05) is 28.9 Å². The molecule has 1 fully saturated rings. The Bertz CT molecular complexity index is 1140. The van der Waals surface area contributed by atoms with Crippen molar-refractivity contribution in [3.63, 3.8) is 0 Å². The van der Waals surface area contributed by atoms with Crippen LogP contribution in [0.15, 0.2) is 41.3 Å². The largest absolute Gasteiger partial charge is 0.337 e. The second-order valence-corrected chi connectivity index (χ2v) is 10.9. The van der Waals surface area contributed by atoms with Crippen LogP contribution in [0.3, 0.4) is 0 Å². The molecule has 0 saturated carbocycles. The molecular formula is C18H20N2O5S2. The number of rotatable bonds is 4. The third-order valence-electron chi connectivity index (χ3n) is 5.27.